The Morgan fingerprint density at radius 2 is 1.68 bits per heavy atom. The van der Waals surface area contributed by atoms with Crippen LogP contribution in [0.15, 0.2) is 6.20 Å². The molecule has 4 N–H and O–H groups in total. The van der Waals surface area contributed by atoms with E-state index in [9.17, 15) is 15.3 Å². The second kappa shape index (κ2) is 6.00. The quantitative estimate of drug-likeness (QED) is 0.561. The minimum absolute atomic E-state index is 0.0847. The highest BCUT2D eigenvalue weighted by Crippen LogP contribution is 2.24. The van der Waals surface area contributed by atoms with E-state index in [0.29, 0.717) is 6.54 Å². The lowest BCUT2D eigenvalue weighted by Crippen LogP contribution is -2.54. The van der Waals surface area contributed by atoms with Gasteiger partial charge in [0.25, 0.3) is 0 Å². The predicted molar refractivity (Wildman–Crippen MR) is 72.7 cm³/mol. The Morgan fingerprint density at radius 1 is 1.16 bits per heavy atom. The maximum atomic E-state index is 9.29. The highest BCUT2D eigenvalue weighted by molar-refractivity contribution is 5.24. The van der Waals surface area contributed by atoms with Gasteiger partial charge in [-0.25, -0.2) is 0 Å². The van der Waals surface area contributed by atoms with Crippen LogP contribution in [-0.2, 0) is 19.0 Å². The molecule has 1 rings (SSSR count). The van der Waals surface area contributed by atoms with Crippen molar-refractivity contribution < 1.29 is 15.3 Å². The third kappa shape index (κ3) is 3.76. The fourth-order valence-corrected chi connectivity index (χ4v) is 1.90. The van der Waals surface area contributed by atoms with Gasteiger partial charge in [0.15, 0.2) is 0 Å². The predicted octanol–water partition coefficient (Wildman–Crippen LogP) is -0.477. The third-order valence-corrected chi connectivity index (χ3v) is 3.18. The van der Waals surface area contributed by atoms with Gasteiger partial charge in [0.1, 0.15) is 0 Å². The summed E-state index contributed by atoms with van der Waals surface area (Å²) in [6, 6.07) is 0. The lowest BCUT2D eigenvalue weighted by molar-refractivity contribution is 0.0413. The van der Waals surface area contributed by atoms with Gasteiger partial charge in [0.2, 0.25) is 0 Å². The first-order valence-electron chi connectivity index (χ1n) is 6.38. The van der Waals surface area contributed by atoms with E-state index in [1.54, 1.807) is 4.68 Å². The molecule has 0 aliphatic heterocycles. The topological polar surface area (TPSA) is 90.5 Å². The molecule has 0 saturated carbocycles. The first-order valence-corrected chi connectivity index (χ1v) is 6.38. The van der Waals surface area contributed by atoms with E-state index in [-0.39, 0.29) is 25.2 Å². The Kier molecular flexibility index (Phi) is 5.09. The number of aliphatic hydroxyl groups excluding tert-OH is 3. The molecule has 0 bridgehead atoms. The molecule has 0 unspecified atom stereocenters. The molecule has 0 radical (unpaired) electrons. The summed E-state index contributed by atoms with van der Waals surface area (Å²) in [4.78, 5) is 0. The summed E-state index contributed by atoms with van der Waals surface area (Å²) in [7, 11) is 1.86. The third-order valence-electron chi connectivity index (χ3n) is 3.18. The molecule has 1 heterocycles. The zero-order valence-corrected chi connectivity index (χ0v) is 12.1. The number of aromatic nitrogens is 2. The van der Waals surface area contributed by atoms with Crippen molar-refractivity contribution in [1.82, 2.24) is 15.1 Å². The maximum absolute atomic E-state index is 9.29. The van der Waals surface area contributed by atoms with Gasteiger partial charge in [-0.05, 0) is 0 Å². The van der Waals surface area contributed by atoms with Crippen LogP contribution < -0.4 is 5.32 Å². The second-order valence-electron chi connectivity index (χ2n) is 6.03. The smallest absolute Gasteiger partial charge is 0.0884 e. The Balaban J connectivity index is 2.89. The molecule has 6 heteroatoms. The Bertz CT molecular complexity index is 397. The van der Waals surface area contributed by atoms with E-state index in [1.807, 2.05) is 13.2 Å². The molecule has 110 valence electrons. The van der Waals surface area contributed by atoms with Crippen molar-refractivity contribution in [3.05, 3.63) is 17.5 Å². The number of hydrogen-bond acceptors (Lipinski definition) is 5. The molecule has 19 heavy (non-hydrogen) atoms. The van der Waals surface area contributed by atoms with E-state index < -0.39 is 5.54 Å². The zero-order valence-electron chi connectivity index (χ0n) is 12.1. The highest BCUT2D eigenvalue weighted by Gasteiger charge is 2.29. The molecule has 0 aromatic carbocycles. The molecule has 1 aromatic rings. The molecule has 0 saturated heterocycles. The Hall–Kier alpha value is -0.950. The average molecular weight is 271 g/mol. The van der Waals surface area contributed by atoms with Gasteiger partial charge in [-0.3, -0.25) is 4.68 Å². The van der Waals surface area contributed by atoms with Crippen molar-refractivity contribution in [1.29, 1.82) is 0 Å². The normalized spacial score (nSPS) is 13.0. The van der Waals surface area contributed by atoms with Crippen LogP contribution >= 0.6 is 0 Å². The van der Waals surface area contributed by atoms with Crippen LogP contribution in [0.1, 0.15) is 32.0 Å². The summed E-state index contributed by atoms with van der Waals surface area (Å²) >= 11 is 0. The standard InChI is InChI=1S/C13H25N3O3/c1-12(2,3)11-10(6-16(4)15-11)5-14-13(7-17,8-18)9-19/h6,14,17-19H,5,7-9H2,1-4H3. The first-order chi connectivity index (χ1) is 8.78. The van der Waals surface area contributed by atoms with E-state index in [1.165, 1.54) is 0 Å². The van der Waals surface area contributed by atoms with Gasteiger partial charge in [0.05, 0.1) is 31.1 Å². The van der Waals surface area contributed by atoms with E-state index in [2.05, 4.69) is 31.2 Å². The Labute approximate surface area is 114 Å². The SMILES string of the molecule is Cn1cc(CNC(CO)(CO)CO)c(C(C)(C)C)n1. The minimum atomic E-state index is -1.06. The van der Waals surface area contributed by atoms with Crippen LogP contribution in [0.2, 0.25) is 0 Å². The number of nitrogens with zero attached hydrogens (tertiary/aromatic N) is 2. The van der Waals surface area contributed by atoms with Crippen LogP contribution in [-0.4, -0.2) is 50.5 Å². The summed E-state index contributed by atoms with van der Waals surface area (Å²) in [6.07, 6.45) is 1.91. The molecule has 0 atom stereocenters. The second-order valence-corrected chi connectivity index (χ2v) is 6.03. The van der Waals surface area contributed by atoms with Crippen molar-refractivity contribution in [3.63, 3.8) is 0 Å². The van der Waals surface area contributed by atoms with Crippen LogP contribution in [0.3, 0.4) is 0 Å². The molecule has 0 fully saturated rings. The molecule has 6 nitrogen and oxygen atoms in total. The number of aryl methyl sites for hydroxylation is 1. The summed E-state index contributed by atoms with van der Waals surface area (Å²) in [5, 5.41) is 35.3. The summed E-state index contributed by atoms with van der Waals surface area (Å²) in [6.45, 7) is 5.69. The fourth-order valence-electron chi connectivity index (χ4n) is 1.90. The van der Waals surface area contributed by atoms with Crippen molar-refractivity contribution in [2.75, 3.05) is 19.8 Å². The van der Waals surface area contributed by atoms with Crippen LogP contribution in [0, 0.1) is 0 Å². The molecule has 0 aliphatic rings. The zero-order chi connectivity index (χ0) is 14.7. The Morgan fingerprint density at radius 3 is 2.11 bits per heavy atom. The van der Waals surface area contributed by atoms with E-state index in [4.69, 9.17) is 0 Å². The summed E-state index contributed by atoms with van der Waals surface area (Å²) in [5.74, 6) is 0. The maximum Gasteiger partial charge on any atom is 0.0884 e. The molecular weight excluding hydrogens is 246 g/mol. The largest absolute Gasteiger partial charge is 0.394 e. The first kappa shape index (κ1) is 16.1. The van der Waals surface area contributed by atoms with Crippen LogP contribution in [0.25, 0.3) is 0 Å². The molecule has 0 aliphatic carbocycles. The van der Waals surface area contributed by atoms with Crippen LogP contribution in [0.4, 0.5) is 0 Å². The molecule has 0 spiro atoms. The number of hydrogen-bond donors (Lipinski definition) is 4. The van der Waals surface area contributed by atoms with Crippen molar-refractivity contribution in [2.24, 2.45) is 7.05 Å². The highest BCUT2D eigenvalue weighted by atomic mass is 16.3. The summed E-state index contributed by atoms with van der Waals surface area (Å²) < 4.78 is 1.75. The summed E-state index contributed by atoms with van der Waals surface area (Å²) in [5.41, 5.74) is 0.809. The average Bonchev–Trinajstić information content (AvgIpc) is 2.73. The van der Waals surface area contributed by atoms with E-state index >= 15 is 0 Å². The number of nitrogens with one attached hydrogen (secondary N) is 1. The monoisotopic (exact) mass is 271 g/mol. The molecular formula is C13H25N3O3. The van der Waals surface area contributed by atoms with Crippen molar-refractivity contribution in [2.45, 2.75) is 38.3 Å². The van der Waals surface area contributed by atoms with Gasteiger partial charge in [-0.15, -0.1) is 0 Å². The lowest BCUT2D eigenvalue weighted by Gasteiger charge is -2.29. The fraction of sp³-hybridized carbons (Fsp3) is 0.769. The van der Waals surface area contributed by atoms with E-state index in [0.717, 1.165) is 11.3 Å². The van der Waals surface area contributed by atoms with Gasteiger partial charge in [0, 0.05) is 30.8 Å². The number of rotatable bonds is 6. The van der Waals surface area contributed by atoms with Crippen molar-refractivity contribution in [3.8, 4) is 0 Å². The van der Waals surface area contributed by atoms with Crippen molar-refractivity contribution >= 4 is 0 Å². The van der Waals surface area contributed by atoms with Crippen LogP contribution in [0.5, 0.6) is 0 Å². The minimum Gasteiger partial charge on any atom is -0.394 e. The van der Waals surface area contributed by atoms with Gasteiger partial charge in [-0.2, -0.15) is 5.10 Å². The number of aliphatic hydroxyl groups is 3. The molecule has 0 amide bonds. The lowest BCUT2D eigenvalue weighted by atomic mass is 9.89. The van der Waals surface area contributed by atoms with Gasteiger partial charge >= 0.3 is 0 Å². The van der Waals surface area contributed by atoms with Gasteiger partial charge in [-0.1, -0.05) is 20.8 Å². The van der Waals surface area contributed by atoms with Gasteiger partial charge < -0.3 is 20.6 Å². The molecule has 1 aromatic heterocycles.